The van der Waals surface area contributed by atoms with Gasteiger partial charge in [0.05, 0.1) is 29.5 Å². The largest absolute Gasteiger partial charge is 0.497 e. The van der Waals surface area contributed by atoms with E-state index in [9.17, 15) is 19.2 Å². The smallest absolute Gasteiger partial charge is 0.274 e. The van der Waals surface area contributed by atoms with Crippen molar-refractivity contribution in [1.29, 1.82) is 0 Å². The molecule has 3 aliphatic carbocycles. The van der Waals surface area contributed by atoms with Crippen LogP contribution in [0.3, 0.4) is 0 Å². The fourth-order valence-corrected chi connectivity index (χ4v) is 7.15. The van der Waals surface area contributed by atoms with Gasteiger partial charge in [0, 0.05) is 17.4 Å². The van der Waals surface area contributed by atoms with Crippen LogP contribution in [0.5, 0.6) is 5.75 Å². The molecule has 0 aromatic heterocycles. The molecule has 42 heavy (non-hydrogen) atoms. The molecule has 4 aromatic rings. The van der Waals surface area contributed by atoms with Gasteiger partial charge in [-0.15, -0.1) is 0 Å². The molecule has 0 radical (unpaired) electrons. The van der Waals surface area contributed by atoms with E-state index in [-0.39, 0.29) is 28.0 Å². The highest BCUT2D eigenvalue weighted by Gasteiger charge is 2.63. The first-order chi connectivity index (χ1) is 20.4. The van der Waals surface area contributed by atoms with Crippen molar-refractivity contribution in [2.45, 2.75) is 11.8 Å². The van der Waals surface area contributed by atoms with E-state index in [2.05, 4.69) is 0 Å². The standard InChI is InChI=1S/C34H25ClN2O5/c1-42-20-10-8-9-19(17-20)27(38)18-36(32(39)25-15-6-7-16-26(25)35)37-33(40)30-28-21-11-2-3-12-22(21)29(31(30)34(37)41)24-14-5-4-13-23(24)28/h2-17,28-31H,18H2,1H3/t28?,29?,30-,31-/m0/s1. The molecule has 1 heterocycles. The molecule has 2 bridgehead atoms. The summed E-state index contributed by atoms with van der Waals surface area (Å²) in [5, 5.41) is 2.04. The molecule has 8 heteroatoms. The summed E-state index contributed by atoms with van der Waals surface area (Å²) >= 11 is 6.40. The van der Waals surface area contributed by atoms with E-state index in [0.717, 1.165) is 32.3 Å². The number of rotatable bonds is 6. The number of methoxy groups -OCH3 is 1. The number of amides is 3. The van der Waals surface area contributed by atoms with Crippen LogP contribution < -0.4 is 4.74 Å². The second-order valence-electron chi connectivity index (χ2n) is 10.8. The first kappa shape index (κ1) is 26.2. The third-order valence-corrected chi connectivity index (χ3v) is 9.02. The van der Waals surface area contributed by atoms with E-state index < -0.39 is 41.9 Å². The number of ether oxygens (including phenoxy) is 1. The van der Waals surface area contributed by atoms with Gasteiger partial charge in [-0.3, -0.25) is 19.2 Å². The maximum Gasteiger partial charge on any atom is 0.274 e. The van der Waals surface area contributed by atoms with Crippen LogP contribution in [0.15, 0.2) is 97.1 Å². The Balaban J connectivity index is 1.33. The van der Waals surface area contributed by atoms with E-state index in [1.165, 1.54) is 13.2 Å². The van der Waals surface area contributed by atoms with Crippen LogP contribution in [0.2, 0.25) is 5.02 Å². The number of carbonyl (C=O) groups excluding carboxylic acids is 4. The Hall–Kier alpha value is -4.75. The van der Waals surface area contributed by atoms with E-state index >= 15 is 0 Å². The molecule has 1 aliphatic heterocycles. The van der Waals surface area contributed by atoms with Crippen molar-refractivity contribution < 1.29 is 23.9 Å². The summed E-state index contributed by atoms with van der Waals surface area (Å²) in [6, 6.07) is 28.7. The molecule has 3 amide bonds. The lowest BCUT2D eigenvalue weighted by atomic mass is 9.55. The molecule has 7 nitrogen and oxygen atoms in total. The Labute approximate surface area is 247 Å². The van der Waals surface area contributed by atoms with Gasteiger partial charge in [0.15, 0.2) is 5.78 Å². The average Bonchev–Trinajstić information content (AvgIpc) is 3.29. The molecule has 4 aromatic carbocycles. The maximum absolute atomic E-state index is 14.4. The maximum atomic E-state index is 14.4. The highest BCUT2D eigenvalue weighted by Crippen LogP contribution is 2.61. The summed E-state index contributed by atoms with van der Waals surface area (Å²) < 4.78 is 5.26. The lowest BCUT2D eigenvalue weighted by Gasteiger charge is -2.45. The predicted molar refractivity (Wildman–Crippen MR) is 155 cm³/mol. The van der Waals surface area contributed by atoms with Gasteiger partial charge in [-0.2, -0.15) is 5.01 Å². The number of nitrogens with zero attached hydrogens (tertiary/aromatic N) is 2. The van der Waals surface area contributed by atoms with Gasteiger partial charge in [0.25, 0.3) is 17.7 Å². The number of halogens is 1. The van der Waals surface area contributed by atoms with E-state index in [1.807, 2.05) is 48.5 Å². The number of ketones is 1. The van der Waals surface area contributed by atoms with Crippen molar-refractivity contribution >= 4 is 35.1 Å². The Morgan fingerprint density at radius 3 is 1.81 bits per heavy atom. The Bertz CT molecular complexity index is 1690. The topological polar surface area (TPSA) is 84.0 Å². The SMILES string of the molecule is COc1cccc(C(=O)CN(C(=O)c2ccccc2Cl)N2C(=O)[C@H]3C4c5ccccc5C(c5ccccc54)[C@@H]3C2=O)c1. The zero-order chi connectivity index (χ0) is 29.1. The second kappa shape index (κ2) is 9.96. The number of imide groups is 1. The lowest BCUT2D eigenvalue weighted by molar-refractivity contribution is -0.154. The summed E-state index contributed by atoms with van der Waals surface area (Å²) in [6.45, 7) is -0.538. The highest BCUT2D eigenvalue weighted by molar-refractivity contribution is 6.34. The number of Topliss-reactive ketones (excluding diaryl/α,β-unsaturated/α-hetero) is 1. The molecule has 0 saturated carbocycles. The van der Waals surface area contributed by atoms with Crippen molar-refractivity contribution in [2.75, 3.05) is 13.7 Å². The van der Waals surface area contributed by atoms with E-state index in [0.29, 0.717) is 5.75 Å². The molecule has 8 rings (SSSR count). The molecular weight excluding hydrogens is 552 g/mol. The monoisotopic (exact) mass is 576 g/mol. The fraction of sp³-hybridized carbons (Fsp3) is 0.176. The van der Waals surface area contributed by atoms with E-state index in [1.54, 1.807) is 42.5 Å². The molecule has 0 N–H and O–H groups in total. The summed E-state index contributed by atoms with van der Waals surface area (Å²) in [5.74, 6) is -3.80. The second-order valence-corrected chi connectivity index (χ2v) is 11.2. The third-order valence-electron chi connectivity index (χ3n) is 8.69. The zero-order valence-corrected chi connectivity index (χ0v) is 23.3. The number of benzene rings is 4. The van der Waals surface area contributed by atoms with Crippen LogP contribution in [0.4, 0.5) is 0 Å². The van der Waals surface area contributed by atoms with E-state index in [4.69, 9.17) is 16.3 Å². The molecule has 0 spiro atoms. The summed E-state index contributed by atoms with van der Waals surface area (Å²) in [7, 11) is 1.49. The minimum absolute atomic E-state index is 0.0858. The summed E-state index contributed by atoms with van der Waals surface area (Å²) in [5.41, 5.74) is 4.43. The number of carbonyl (C=O) groups is 4. The lowest BCUT2D eigenvalue weighted by Crippen LogP contribution is -2.52. The Kier molecular flexibility index (Phi) is 6.21. The highest BCUT2D eigenvalue weighted by atomic mass is 35.5. The Morgan fingerprint density at radius 2 is 1.29 bits per heavy atom. The van der Waals surface area contributed by atoms with Gasteiger partial charge in [-0.1, -0.05) is 84.4 Å². The van der Waals surface area contributed by atoms with Crippen LogP contribution in [0, 0.1) is 11.8 Å². The minimum Gasteiger partial charge on any atom is -0.497 e. The Morgan fingerprint density at radius 1 is 0.762 bits per heavy atom. The quantitative estimate of drug-likeness (QED) is 0.224. The molecule has 4 aliphatic rings. The van der Waals surface area contributed by atoms with Crippen LogP contribution in [-0.2, 0) is 9.59 Å². The summed E-state index contributed by atoms with van der Waals surface area (Å²) in [6.07, 6.45) is 0. The summed E-state index contributed by atoms with van der Waals surface area (Å²) in [4.78, 5) is 56.4. The van der Waals surface area contributed by atoms with Crippen molar-refractivity contribution in [2.24, 2.45) is 11.8 Å². The van der Waals surface area contributed by atoms with Gasteiger partial charge in [0.2, 0.25) is 0 Å². The average molecular weight is 577 g/mol. The molecular formula is C34H25ClN2O5. The fourth-order valence-electron chi connectivity index (χ4n) is 6.93. The van der Waals surface area contributed by atoms with Gasteiger partial charge in [-0.05, 0) is 46.5 Å². The van der Waals surface area contributed by atoms with Crippen LogP contribution in [0.1, 0.15) is 54.8 Å². The predicted octanol–water partition coefficient (Wildman–Crippen LogP) is 5.48. The van der Waals surface area contributed by atoms with Gasteiger partial charge >= 0.3 is 0 Å². The van der Waals surface area contributed by atoms with Gasteiger partial charge < -0.3 is 4.74 Å². The molecule has 0 unspecified atom stereocenters. The molecule has 2 atom stereocenters. The van der Waals surface area contributed by atoms with Crippen LogP contribution >= 0.6 is 11.6 Å². The number of hydrogen-bond acceptors (Lipinski definition) is 5. The molecule has 1 saturated heterocycles. The van der Waals surface area contributed by atoms with Gasteiger partial charge in [-0.25, -0.2) is 5.01 Å². The normalized spacial score (nSPS) is 21.4. The van der Waals surface area contributed by atoms with Crippen LogP contribution in [-0.4, -0.2) is 47.2 Å². The van der Waals surface area contributed by atoms with Crippen LogP contribution in [0.25, 0.3) is 0 Å². The van der Waals surface area contributed by atoms with Gasteiger partial charge in [0.1, 0.15) is 12.3 Å². The number of hydrogen-bond donors (Lipinski definition) is 0. The zero-order valence-electron chi connectivity index (χ0n) is 22.6. The minimum atomic E-state index is -0.709. The van der Waals surface area contributed by atoms with Crippen molar-refractivity contribution in [3.05, 3.63) is 135 Å². The first-order valence-corrected chi connectivity index (χ1v) is 14.1. The first-order valence-electron chi connectivity index (χ1n) is 13.7. The third kappa shape index (κ3) is 3.80. The number of hydrazine groups is 1. The molecule has 208 valence electrons. The molecule has 1 fully saturated rings. The van der Waals surface area contributed by atoms with Crippen molar-refractivity contribution in [1.82, 2.24) is 10.0 Å². The van der Waals surface area contributed by atoms with Crippen molar-refractivity contribution in [3.8, 4) is 5.75 Å². The van der Waals surface area contributed by atoms with Crippen molar-refractivity contribution in [3.63, 3.8) is 0 Å².